The minimum atomic E-state index is -1.02. The lowest BCUT2D eigenvalue weighted by molar-refractivity contribution is -0.139. The standard InChI is InChI=1S/C15H16F2N2O3/c1-4-22-14(20)12-8(2)19(3)15(21)18-13(12)10-6-5-9(16)7-11(10)17/h5-7,13H,4H2,1-3H3,(H,18,21)/t13-/m1/s1. The summed E-state index contributed by atoms with van der Waals surface area (Å²) >= 11 is 0. The third kappa shape index (κ3) is 2.79. The predicted octanol–water partition coefficient (Wildman–Crippen LogP) is 2.50. The monoisotopic (exact) mass is 310 g/mol. The van der Waals surface area contributed by atoms with Crippen LogP contribution in [0.25, 0.3) is 0 Å². The zero-order valence-corrected chi connectivity index (χ0v) is 12.4. The Balaban J connectivity index is 2.55. The smallest absolute Gasteiger partial charge is 0.338 e. The number of hydrogen-bond acceptors (Lipinski definition) is 3. The minimum Gasteiger partial charge on any atom is -0.463 e. The van der Waals surface area contributed by atoms with E-state index in [-0.39, 0.29) is 17.7 Å². The van der Waals surface area contributed by atoms with Crippen molar-refractivity contribution in [2.45, 2.75) is 19.9 Å². The highest BCUT2D eigenvalue weighted by atomic mass is 19.1. The van der Waals surface area contributed by atoms with E-state index in [0.717, 1.165) is 6.07 Å². The first-order valence-corrected chi connectivity index (χ1v) is 6.73. The Kier molecular flexibility index (Phi) is 4.44. The van der Waals surface area contributed by atoms with Crippen LogP contribution in [-0.2, 0) is 9.53 Å². The molecule has 22 heavy (non-hydrogen) atoms. The highest BCUT2D eigenvalue weighted by molar-refractivity contribution is 5.95. The SMILES string of the molecule is CCOC(=O)C1=C(C)N(C)C(=O)N[C@@H]1c1ccc(F)cc1F. The van der Waals surface area contributed by atoms with Crippen molar-refractivity contribution < 1.29 is 23.1 Å². The number of amides is 2. The molecule has 1 aliphatic rings. The molecule has 1 aromatic carbocycles. The Hall–Kier alpha value is -2.44. The van der Waals surface area contributed by atoms with E-state index in [1.165, 1.54) is 18.0 Å². The van der Waals surface area contributed by atoms with Crippen LogP contribution in [0.1, 0.15) is 25.5 Å². The fourth-order valence-corrected chi connectivity index (χ4v) is 2.28. The first-order valence-electron chi connectivity index (χ1n) is 6.73. The summed E-state index contributed by atoms with van der Waals surface area (Å²) in [6.07, 6.45) is 0. The molecular formula is C15H16F2N2O3. The van der Waals surface area contributed by atoms with Crippen molar-refractivity contribution in [3.63, 3.8) is 0 Å². The second kappa shape index (κ2) is 6.13. The van der Waals surface area contributed by atoms with Crippen molar-refractivity contribution in [1.82, 2.24) is 10.2 Å². The molecule has 1 aliphatic heterocycles. The van der Waals surface area contributed by atoms with Gasteiger partial charge >= 0.3 is 12.0 Å². The van der Waals surface area contributed by atoms with Crippen LogP contribution in [0.3, 0.4) is 0 Å². The number of ether oxygens (including phenoxy) is 1. The Labute approximate surface area is 126 Å². The number of carbonyl (C=O) groups excluding carboxylic acids is 2. The molecule has 0 unspecified atom stereocenters. The molecule has 5 nitrogen and oxygen atoms in total. The summed E-state index contributed by atoms with van der Waals surface area (Å²) in [6.45, 7) is 3.36. The number of nitrogens with zero attached hydrogens (tertiary/aromatic N) is 1. The molecule has 7 heteroatoms. The Morgan fingerprint density at radius 1 is 1.41 bits per heavy atom. The van der Waals surface area contributed by atoms with Gasteiger partial charge < -0.3 is 15.0 Å². The van der Waals surface area contributed by atoms with Crippen LogP contribution in [0.4, 0.5) is 13.6 Å². The average molecular weight is 310 g/mol. The van der Waals surface area contributed by atoms with Crippen molar-refractivity contribution >= 4 is 12.0 Å². The van der Waals surface area contributed by atoms with Gasteiger partial charge in [0.15, 0.2) is 0 Å². The Morgan fingerprint density at radius 2 is 2.09 bits per heavy atom. The number of halogens is 2. The molecule has 1 heterocycles. The topological polar surface area (TPSA) is 58.6 Å². The number of allylic oxidation sites excluding steroid dienone is 1. The predicted molar refractivity (Wildman–Crippen MR) is 74.7 cm³/mol. The summed E-state index contributed by atoms with van der Waals surface area (Å²) in [6, 6.07) is 1.47. The Morgan fingerprint density at radius 3 is 2.68 bits per heavy atom. The molecule has 1 N–H and O–H groups in total. The van der Waals surface area contributed by atoms with Crippen molar-refractivity contribution in [2.75, 3.05) is 13.7 Å². The lowest BCUT2D eigenvalue weighted by atomic mass is 9.94. The summed E-state index contributed by atoms with van der Waals surface area (Å²) in [5.41, 5.74) is 0.482. The molecule has 0 aromatic heterocycles. The molecule has 118 valence electrons. The molecule has 0 spiro atoms. The lowest BCUT2D eigenvalue weighted by Gasteiger charge is -2.33. The van der Waals surface area contributed by atoms with Crippen LogP contribution in [0.2, 0.25) is 0 Å². The fraction of sp³-hybridized carbons (Fsp3) is 0.333. The van der Waals surface area contributed by atoms with Crippen LogP contribution in [0, 0.1) is 11.6 Å². The number of benzene rings is 1. The van der Waals surface area contributed by atoms with Crippen molar-refractivity contribution in [2.24, 2.45) is 0 Å². The number of esters is 1. The first kappa shape index (κ1) is 15.9. The van der Waals surface area contributed by atoms with Gasteiger partial charge in [-0.3, -0.25) is 0 Å². The maximum absolute atomic E-state index is 14.0. The summed E-state index contributed by atoms with van der Waals surface area (Å²) < 4.78 is 32.1. The summed E-state index contributed by atoms with van der Waals surface area (Å²) in [7, 11) is 1.49. The van der Waals surface area contributed by atoms with Crippen LogP contribution in [-0.4, -0.2) is 30.6 Å². The van der Waals surface area contributed by atoms with E-state index in [9.17, 15) is 18.4 Å². The quantitative estimate of drug-likeness (QED) is 0.873. The maximum Gasteiger partial charge on any atom is 0.338 e. The van der Waals surface area contributed by atoms with Gasteiger partial charge in [-0.05, 0) is 19.9 Å². The largest absolute Gasteiger partial charge is 0.463 e. The Bertz CT molecular complexity index is 658. The van der Waals surface area contributed by atoms with E-state index in [4.69, 9.17) is 4.74 Å². The van der Waals surface area contributed by atoms with E-state index in [2.05, 4.69) is 5.32 Å². The normalized spacial score (nSPS) is 18.3. The van der Waals surface area contributed by atoms with Crippen molar-refractivity contribution in [1.29, 1.82) is 0 Å². The highest BCUT2D eigenvalue weighted by Gasteiger charge is 2.36. The van der Waals surface area contributed by atoms with Crippen LogP contribution >= 0.6 is 0 Å². The van der Waals surface area contributed by atoms with Crippen LogP contribution in [0.15, 0.2) is 29.5 Å². The van der Waals surface area contributed by atoms with Gasteiger partial charge in [0.05, 0.1) is 18.2 Å². The van der Waals surface area contributed by atoms with Crippen molar-refractivity contribution in [3.8, 4) is 0 Å². The number of carbonyl (C=O) groups is 2. The molecule has 2 rings (SSSR count). The maximum atomic E-state index is 14.0. The van der Waals surface area contributed by atoms with Gasteiger partial charge in [-0.1, -0.05) is 6.07 Å². The van der Waals surface area contributed by atoms with E-state index >= 15 is 0 Å². The molecule has 0 saturated carbocycles. The van der Waals surface area contributed by atoms with Gasteiger partial charge in [0.2, 0.25) is 0 Å². The molecule has 0 aliphatic carbocycles. The third-order valence-corrected chi connectivity index (χ3v) is 3.52. The number of rotatable bonds is 3. The van der Waals surface area contributed by atoms with Crippen molar-refractivity contribution in [3.05, 3.63) is 46.7 Å². The van der Waals surface area contributed by atoms with Gasteiger partial charge in [0.25, 0.3) is 0 Å². The summed E-state index contributed by atoms with van der Waals surface area (Å²) in [5.74, 6) is -2.23. The second-order valence-corrected chi connectivity index (χ2v) is 4.83. The number of urea groups is 1. The van der Waals surface area contributed by atoms with Gasteiger partial charge in [0, 0.05) is 24.4 Å². The zero-order chi connectivity index (χ0) is 16.4. The molecule has 0 fully saturated rings. The van der Waals surface area contributed by atoms with Gasteiger partial charge in [0.1, 0.15) is 11.6 Å². The summed E-state index contributed by atoms with van der Waals surface area (Å²) in [4.78, 5) is 25.3. The zero-order valence-electron chi connectivity index (χ0n) is 12.4. The average Bonchev–Trinajstić information content (AvgIpc) is 2.44. The van der Waals surface area contributed by atoms with E-state index in [1.54, 1.807) is 13.8 Å². The van der Waals surface area contributed by atoms with Crippen LogP contribution < -0.4 is 5.32 Å². The molecule has 0 bridgehead atoms. The van der Waals surface area contributed by atoms with Gasteiger partial charge in [-0.15, -0.1) is 0 Å². The molecule has 1 aromatic rings. The van der Waals surface area contributed by atoms with Gasteiger partial charge in [-0.2, -0.15) is 0 Å². The van der Waals surface area contributed by atoms with Crippen LogP contribution in [0.5, 0.6) is 0 Å². The fourth-order valence-electron chi connectivity index (χ4n) is 2.28. The van der Waals surface area contributed by atoms with E-state index < -0.39 is 29.7 Å². The molecule has 2 amide bonds. The highest BCUT2D eigenvalue weighted by Crippen LogP contribution is 2.32. The molecule has 0 saturated heterocycles. The third-order valence-electron chi connectivity index (χ3n) is 3.52. The van der Waals surface area contributed by atoms with E-state index in [1.807, 2.05) is 0 Å². The molecular weight excluding hydrogens is 294 g/mol. The first-order chi connectivity index (χ1) is 10.4. The minimum absolute atomic E-state index is 0.00486. The van der Waals surface area contributed by atoms with E-state index in [0.29, 0.717) is 11.8 Å². The van der Waals surface area contributed by atoms with Gasteiger partial charge in [-0.25, -0.2) is 18.4 Å². The number of nitrogens with one attached hydrogen (secondary N) is 1. The molecule has 0 radical (unpaired) electrons. The number of hydrogen-bond donors (Lipinski definition) is 1. The lowest BCUT2D eigenvalue weighted by Crippen LogP contribution is -2.46. The molecule has 1 atom stereocenters. The summed E-state index contributed by atoms with van der Waals surface area (Å²) in [5, 5.41) is 2.53. The second-order valence-electron chi connectivity index (χ2n) is 4.83.